The van der Waals surface area contributed by atoms with Gasteiger partial charge >= 0.3 is 6.09 Å². The average Bonchev–Trinajstić information content (AvgIpc) is 2.43. The zero-order valence-corrected chi connectivity index (χ0v) is 14.3. The van der Waals surface area contributed by atoms with Crippen molar-refractivity contribution in [1.29, 1.82) is 0 Å². The van der Waals surface area contributed by atoms with Crippen LogP contribution in [-0.2, 0) is 9.53 Å². The first kappa shape index (κ1) is 18.7. The second-order valence-electron chi connectivity index (χ2n) is 7.23. The molecule has 1 rings (SSSR count). The molecule has 0 aromatic carbocycles. The van der Waals surface area contributed by atoms with E-state index in [1.54, 1.807) is 6.08 Å². The Morgan fingerprint density at radius 2 is 1.91 bits per heavy atom. The number of hydrogen-bond acceptors (Lipinski definition) is 3. The smallest absolute Gasteiger partial charge is 0.408 e. The molecule has 1 fully saturated rings. The minimum absolute atomic E-state index is 0.0799. The van der Waals surface area contributed by atoms with Gasteiger partial charge in [-0.25, -0.2) is 4.79 Å². The van der Waals surface area contributed by atoms with Gasteiger partial charge in [0.1, 0.15) is 5.60 Å². The lowest BCUT2D eigenvalue weighted by atomic mass is 9.83. The van der Waals surface area contributed by atoms with Gasteiger partial charge in [-0.3, -0.25) is 4.79 Å². The standard InChI is InChI=1S/C18H31NO3/c1-5-6-12-16(20)15(13-14-10-8-7-9-11-14)19-17(21)22-18(2,3)4/h5,14-15H,1,6-13H2,2-4H3,(H,19,21). The maximum Gasteiger partial charge on any atom is 0.408 e. The molecular weight excluding hydrogens is 278 g/mol. The van der Waals surface area contributed by atoms with Crippen LogP contribution in [0.4, 0.5) is 4.79 Å². The summed E-state index contributed by atoms with van der Waals surface area (Å²) in [6, 6.07) is -0.433. The number of ketones is 1. The molecule has 1 atom stereocenters. The van der Waals surface area contributed by atoms with Crippen LogP contribution in [0, 0.1) is 5.92 Å². The number of carbonyl (C=O) groups is 2. The van der Waals surface area contributed by atoms with Gasteiger partial charge in [0.05, 0.1) is 6.04 Å². The van der Waals surface area contributed by atoms with Crippen LogP contribution in [0.1, 0.15) is 72.1 Å². The molecule has 126 valence electrons. The molecule has 0 bridgehead atoms. The van der Waals surface area contributed by atoms with Crippen molar-refractivity contribution in [3.63, 3.8) is 0 Å². The number of Topliss-reactive ketones (excluding diaryl/α,β-unsaturated/α-hetero) is 1. The Bertz CT molecular complexity index is 378. The third-order valence-electron chi connectivity index (χ3n) is 3.97. The van der Waals surface area contributed by atoms with Crippen molar-refractivity contribution >= 4 is 11.9 Å². The van der Waals surface area contributed by atoms with Crippen LogP contribution in [0.15, 0.2) is 12.7 Å². The van der Waals surface area contributed by atoms with E-state index < -0.39 is 17.7 Å². The number of hydrogen-bond donors (Lipinski definition) is 1. The van der Waals surface area contributed by atoms with Crippen molar-refractivity contribution < 1.29 is 14.3 Å². The predicted octanol–water partition coefficient (Wildman–Crippen LogP) is 4.39. The van der Waals surface area contributed by atoms with Gasteiger partial charge in [0, 0.05) is 6.42 Å². The molecule has 0 aliphatic heterocycles. The SMILES string of the molecule is C=CCCC(=O)C(CC1CCCCC1)NC(=O)OC(C)(C)C. The molecule has 1 aliphatic carbocycles. The number of ether oxygens (including phenoxy) is 1. The van der Waals surface area contributed by atoms with Crippen molar-refractivity contribution in [2.24, 2.45) is 5.92 Å². The van der Waals surface area contributed by atoms with E-state index in [2.05, 4.69) is 11.9 Å². The van der Waals surface area contributed by atoms with Gasteiger partial charge in [-0.15, -0.1) is 6.58 Å². The maximum absolute atomic E-state index is 12.4. The van der Waals surface area contributed by atoms with Gasteiger partial charge < -0.3 is 10.1 Å². The summed E-state index contributed by atoms with van der Waals surface area (Å²) in [6.45, 7) is 9.12. The molecule has 1 N–H and O–H groups in total. The summed E-state index contributed by atoms with van der Waals surface area (Å²) in [5.41, 5.74) is -0.552. The Hall–Kier alpha value is -1.32. The number of amides is 1. The van der Waals surface area contributed by atoms with Gasteiger partial charge in [-0.1, -0.05) is 38.2 Å². The molecule has 0 aromatic heterocycles. The topological polar surface area (TPSA) is 55.4 Å². The van der Waals surface area contributed by atoms with Gasteiger partial charge in [-0.05, 0) is 39.5 Å². The van der Waals surface area contributed by atoms with Crippen LogP contribution in [0.25, 0.3) is 0 Å². The van der Waals surface area contributed by atoms with Gasteiger partial charge in [0.15, 0.2) is 5.78 Å². The summed E-state index contributed by atoms with van der Waals surface area (Å²) in [6.07, 6.45) is 9.09. The first-order chi connectivity index (χ1) is 10.3. The van der Waals surface area contributed by atoms with Crippen molar-refractivity contribution in [1.82, 2.24) is 5.32 Å². The van der Waals surface area contributed by atoms with Crippen molar-refractivity contribution in [2.45, 2.75) is 83.8 Å². The molecule has 4 heteroatoms. The molecule has 1 aliphatic rings. The van der Waals surface area contributed by atoms with E-state index in [1.165, 1.54) is 19.3 Å². The monoisotopic (exact) mass is 309 g/mol. The Morgan fingerprint density at radius 3 is 2.45 bits per heavy atom. The quantitative estimate of drug-likeness (QED) is 0.710. The van der Waals surface area contributed by atoms with Crippen molar-refractivity contribution in [3.05, 3.63) is 12.7 Å². The number of allylic oxidation sites excluding steroid dienone is 1. The van der Waals surface area contributed by atoms with Crippen LogP contribution < -0.4 is 5.32 Å². The maximum atomic E-state index is 12.4. The molecule has 0 spiro atoms. The van der Waals surface area contributed by atoms with E-state index >= 15 is 0 Å². The first-order valence-electron chi connectivity index (χ1n) is 8.45. The van der Waals surface area contributed by atoms with Crippen LogP contribution in [-0.4, -0.2) is 23.5 Å². The molecular formula is C18H31NO3. The van der Waals surface area contributed by atoms with Crippen molar-refractivity contribution in [3.8, 4) is 0 Å². The average molecular weight is 309 g/mol. The lowest BCUT2D eigenvalue weighted by molar-refractivity contribution is -0.121. The minimum atomic E-state index is -0.552. The van der Waals surface area contributed by atoms with E-state index in [4.69, 9.17) is 4.74 Å². The second kappa shape index (κ2) is 8.96. The van der Waals surface area contributed by atoms with Crippen LogP contribution >= 0.6 is 0 Å². The molecule has 0 heterocycles. The summed E-state index contributed by atoms with van der Waals surface area (Å²) >= 11 is 0. The molecule has 0 saturated heterocycles. The van der Waals surface area contributed by atoms with E-state index in [-0.39, 0.29) is 5.78 Å². The number of nitrogens with one attached hydrogen (secondary N) is 1. The zero-order chi connectivity index (χ0) is 16.6. The van der Waals surface area contributed by atoms with Crippen LogP contribution in [0.2, 0.25) is 0 Å². The third kappa shape index (κ3) is 7.62. The van der Waals surface area contributed by atoms with Gasteiger partial charge in [0.2, 0.25) is 0 Å². The number of rotatable bonds is 7. The summed E-state index contributed by atoms with van der Waals surface area (Å²) in [5.74, 6) is 0.609. The van der Waals surface area contributed by atoms with Gasteiger partial charge in [0.25, 0.3) is 0 Å². The third-order valence-corrected chi connectivity index (χ3v) is 3.97. The Balaban J connectivity index is 2.61. The number of alkyl carbamates (subject to hydrolysis) is 1. The summed E-state index contributed by atoms with van der Waals surface area (Å²) in [4.78, 5) is 24.3. The molecule has 22 heavy (non-hydrogen) atoms. The summed E-state index contributed by atoms with van der Waals surface area (Å²) < 4.78 is 5.29. The highest BCUT2D eigenvalue weighted by Gasteiger charge is 2.27. The fourth-order valence-corrected chi connectivity index (χ4v) is 2.90. The fourth-order valence-electron chi connectivity index (χ4n) is 2.90. The van der Waals surface area contributed by atoms with Crippen molar-refractivity contribution in [2.75, 3.05) is 0 Å². The minimum Gasteiger partial charge on any atom is -0.444 e. The molecule has 1 unspecified atom stereocenters. The number of carbonyl (C=O) groups excluding carboxylic acids is 2. The normalized spacial score (nSPS) is 17.6. The second-order valence-corrected chi connectivity index (χ2v) is 7.23. The lowest BCUT2D eigenvalue weighted by Crippen LogP contribution is -2.44. The Kier molecular flexibility index (Phi) is 7.63. The lowest BCUT2D eigenvalue weighted by Gasteiger charge is -2.27. The predicted molar refractivity (Wildman–Crippen MR) is 88.8 cm³/mol. The highest BCUT2D eigenvalue weighted by Crippen LogP contribution is 2.28. The highest BCUT2D eigenvalue weighted by atomic mass is 16.6. The van der Waals surface area contributed by atoms with Crippen LogP contribution in [0.5, 0.6) is 0 Å². The molecule has 0 radical (unpaired) electrons. The van der Waals surface area contributed by atoms with Gasteiger partial charge in [-0.2, -0.15) is 0 Å². The molecule has 1 amide bonds. The van der Waals surface area contributed by atoms with E-state index in [0.717, 1.165) is 19.3 Å². The summed E-state index contributed by atoms with van der Waals surface area (Å²) in [5, 5.41) is 2.78. The zero-order valence-electron chi connectivity index (χ0n) is 14.3. The largest absolute Gasteiger partial charge is 0.444 e. The first-order valence-corrected chi connectivity index (χ1v) is 8.45. The van der Waals surface area contributed by atoms with Crippen LogP contribution in [0.3, 0.4) is 0 Å². The molecule has 4 nitrogen and oxygen atoms in total. The summed E-state index contributed by atoms with van der Waals surface area (Å²) in [7, 11) is 0. The van der Waals surface area contributed by atoms with E-state index in [1.807, 2.05) is 20.8 Å². The Labute approximate surface area is 134 Å². The Morgan fingerprint density at radius 1 is 1.27 bits per heavy atom. The fraction of sp³-hybridized carbons (Fsp3) is 0.778. The highest BCUT2D eigenvalue weighted by molar-refractivity contribution is 5.87. The molecule has 1 saturated carbocycles. The van der Waals surface area contributed by atoms with E-state index in [0.29, 0.717) is 18.8 Å². The molecule has 0 aromatic rings. The van der Waals surface area contributed by atoms with E-state index in [9.17, 15) is 9.59 Å².